The minimum absolute atomic E-state index is 0. The molecule has 0 bridgehead atoms. The van der Waals surface area contributed by atoms with E-state index in [0.717, 1.165) is 12.8 Å². The lowest BCUT2D eigenvalue weighted by molar-refractivity contribution is 0.0716. The van der Waals surface area contributed by atoms with Gasteiger partial charge in [0.2, 0.25) is 5.88 Å². The van der Waals surface area contributed by atoms with Crippen molar-refractivity contribution in [2.24, 2.45) is 17.6 Å². The van der Waals surface area contributed by atoms with Gasteiger partial charge in [0.25, 0.3) is 12.3 Å². The number of hydrogen-bond acceptors (Lipinski definition) is 4. The van der Waals surface area contributed by atoms with Gasteiger partial charge in [0.1, 0.15) is 5.56 Å². The molecule has 23 heavy (non-hydrogen) atoms. The molecule has 1 saturated carbocycles. The van der Waals surface area contributed by atoms with E-state index in [-0.39, 0.29) is 35.8 Å². The van der Waals surface area contributed by atoms with Gasteiger partial charge in [0.05, 0.1) is 0 Å². The second-order valence-corrected chi connectivity index (χ2v) is 5.93. The summed E-state index contributed by atoms with van der Waals surface area (Å²) in [5.41, 5.74) is 6.31. The van der Waals surface area contributed by atoms with Crippen LogP contribution in [-0.4, -0.2) is 48.0 Å². The number of likely N-dealkylation sites (tertiary alicyclic amines) is 1. The molecule has 5 nitrogen and oxygen atoms in total. The first-order valence-corrected chi connectivity index (χ1v) is 7.47. The van der Waals surface area contributed by atoms with E-state index in [2.05, 4.69) is 4.98 Å². The number of carbonyl (C=O) groups excluding carboxylic acids is 1. The van der Waals surface area contributed by atoms with Gasteiger partial charge in [-0.05, 0) is 36.8 Å². The number of hydrogen-bond donors (Lipinski definition) is 1. The quantitative estimate of drug-likeness (QED) is 0.904. The molecule has 0 aromatic carbocycles. The molecule has 128 valence electrons. The van der Waals surface area contributed by atoms with Gasteiger partial charge in [0.15, 0.2) is 6.61 Å². The molecule has 2 N–H and O–H groups in total. The predicted molar refractivity (Wildman–Crippen MR) is 83.1 cm³/mol. The predicted octanol–water partition coefficient (Wildman–Crippen LogP) is 1.96. The standard InChI is InChI=1S/C15H19F2N3O2.ClH/c16-13(17)8-22-14-10(2-1-5-19-14)15(21)20-6-9-3-4-12(18)11(9)7-20;/h1-2,5,9,11-13H,3-4,6-8,18H2;1H. The van der Waals surface area contributed by atoms with Gasteiger partial charge in [-0.1, -0.05) is 0 Å². The van der Waals surface area contributed by atoms with Crippen molar-refractivity contribution >= 4 is 18.3 Å². The Labute approximate surface area is 139 Å². The Morgan fingerprint density at radius 2 is 2.22 bits per heavy atom. The van der Waals surface area contributed by atoms with Crippen LogP contribution in [0.4, 0.5) is 8.78 Å². The molecule has 0 spiro atoms. The van der Waals surface area contributed by atoms with E-state index in [1.165, 1.54) is 6.20 Å². The van der Waals surface area contributed by atoms with Crippen LogP contribution in [0, 0.1) is 11.8 Å². The largest absolute Gasteiger partial charge is 0.471 e. The van der Waals surface area contributed by atoms with Crippen LogP contribution < -0.4 is 10.5 Å². The number of nitrogens with two attached hydrogens (primary N) is 1. The molecule has 1 aliphatic carbocycles. The van der Waals surface area contributed by atoms with Gasteiger partial charge in [0, 0.05) is 25.3 Å². The van der Waals surface area contributed by atoms with Gasteiger partial charge in [-0.2, -0.15) is 0 Å². The molecule has 8 heteroatoms. The maximum absolute atomic E-state index is 12.6. The molecular weight excluding hydrogens is 328 g/mol. The van der Waals surface area contributed by atoms with Crippen LogP contribution in [-0.2, 0) is 0 Å². The SMILES string of the molecule is Cl.NC1CCC2CN(C(=O)c3cccnc3OCC(F)F)CC12. The summed E-state index contributed by atoms with van der Waals surface area (Å²) in [6, 6.07) is 3.31. The molecule has 2 aliphatic rings. The van der Waals surface area contributed by atoms with Gasteiger partial charge >= 0.3 is 0 Å². The average Bonchev–Trinajstić information content (AvgIpc) is 3.07. The van der Waals surface area contributed by atoms with E-state index in [9.17, 15) is 13.6 Å². The number of ether oxygens (including phenoxy) is 1. The van der Waals surface area contributed by atoms with Gasteiger partial charge in [-0.25, -0.2) is 13.8 Å². The van der Waals surface area contributed by atoms with E-state index < -0.39 is 13.0 Å². The second kappa shape index (κ2) is 7.40. The number of aromatic nitrogens is 1. The van der Waals surface area contributed by atoms with E-state index >= 15 is 0 Å². The van der Waals surface area contributed by atoms with Crippen molar-refractivity contribution in [1.82, 2.24) is 9.88 Å². The molecule has 1 aliphatic heterocycles. The van der Waals surface area contributed by atoms with Gasteiger partial charge in [-0.15, -0.1) is 12.4 Å². The van der Waals surface area contributed by atoms with Crippen molar-refractivity contribution in [3.8, 4) is 5.88 Å². The zero-order valence-electron chi connectivity index (χ0n) is 12.5. The lowest BCUT2D eigenvalue weighted by Gasteiger charge is -2.20. The van der Waals surface area contributed by atoms with Crippen molar-refractivity contribution in [1.29, 1.82) is 0 Å². The topological polar surface area (TPSA) is 68.5 Å². The highest BCUT2D eigenvalue weighted by Crippen LogP contribution is 2.38. The first kappa shape index (κ1) is 17.9. The summed E-state index contributed by atoms with van der Waals surface area (Å²) in [4.78, 5) is 18.3. The van der Waals surface area contributed by atoms with Crippen LogP contribution in [0.15, 0.2) is 18.3 Å². The molecule has 1 amide bonds. The van der Waals surface area contributed by atoms with Crippen molar-refractivity contribution in [3.63, 3.8) is 0 Å². The zero-order chi connectivity index (χ0) is 15.7. The van der Waals surface area contributed by atoms with E-state index in [0.29, 0.717) is 24.9 Å². The van der Waals surface area contributed by atoms with Crippen molar-refractivity contribution in [2.45, 2.75) is 25.3 Å². The number of amides is 1. The van der Waals surface area contributed by atoms with Crippen LogP contribution in [0.2, 0.25) is 0 Å². The maximum atomic E-state index is 12.6. The first-order chi connectivity index (χ1) is 10.6. The molecule has 1 aromatic heterocycles. The van der Waals surface area contributed by atoms with Crippen molar-refractivity contribution in [2.75, 3.05) is 19.7 Å². The smallest absolute Gasteiger partial charge is 0.272 e. The molecule has 2 fully saturated rings. The third kappa shape index (κ3) is 3.72. The molecule has 0 radical (unpaired) electrons. The summed E-state index contributed by atoms with van der Waals surface area (Å²) in [6.45, 7) is 0.516. The Morgan fingerprint density at radius 3 is 2.91 bits per heavy atom. The Hall–Kier alpha value is -1.47. The van der Waals surface area contributed by atoms with Gasteiger partial charge in [-0.3, -0.25) is 4.79 Å². The number of alkyl halides is 2. The molecule has 1 saturated heterocycles. The zero-order valence-corrected chi connectivity index (χ0v) is 13.3. The minimum Gasteiger partial charge on any atom is -0.471 e. The molecule has 3 unspecified atom stereocenters. The van der Waals surface area contributed by atoms with Crippen molar-refractivity contribution < 1.29 is 18.3 Å². The Kier molecular flexibility index (Phi) is 5.75. The minimum atomic E-state index is -2.60. The molecule has 2 heterocycles. The molecular formula is C15H20ClF2N3O2. The summed E-state index contributed by atoms with van der Waals surface area (Å²) < 4.78 is 29.5. The van der Waals surface area contributed by atoms with Crippen LogP contribution in [0.1, 0.15) is 23.2 Å². The number of fused-ring (bicyclic) bond motifs is 1. The molecule has 3 rings (SSSR count). The lowest BCUT2D eigenvalue weighted by Crippen LogP contribution is -2.33. The fourth-order valence-electron chi connectivity index (χ4n) is 3.45. The van der Waals surface area contributed by atoms with E-state index in [1.807, 2.05) is 0 Å². The number of nitrogens with zero attached hydrogens (tertiary/aromatic N) is 2. The van der Waals surface area contributed by atoms with Crippen molar-refractivity contribution in [3.05, 3.63) is 23.9 Å². The van der Waals surface area contributed by atoms with Crippen LogP contribution in [0.5, 0.6) is 5.88 Å². The molecule has 1 aromatic rings. The maximum Gasteiger partial charge on any atom is 0.272 e. The summed E-state index contributed by atoms with van der Waals surface area (Å²) in [6.07, 6.45) is 0.866. The number of pyridine rings is 1. The highest BCUT2D eigenvalue weighted by atomic mass is 35.5. The Morgan fingerprint density at radius 1 is 1.43 bits per heavy atom. The van der Waals surface area contributed by atoms with E-state index in [4.69, 9.17) is 10.5 Å². The highest BCUT2D eigenvalue weighted by Gasteiger charge is 2.43. The van der Waals surface area contributed by atoms with Crippen LogP contribution in [0.3, 0.4) is 0 Å². The lowest BCUT2D eigenvalue weighted by atomic mass is 9.98. The Bertz CT molecular complexity index is 561. The summed E-state index contributed by atoms with van der Waals surface area (Å²) in [7, 11) is 0. The monoisotopic (exact) mass is 347 g/mol. The Balaban J connectivity index is 0.00000192. The number of carbonyl (C=O) groups is 1. The fourth-order valence-corrected chi connectivity index (χ4v) is 3.45. The van der Waals surface area contributed by atoms with Crippen LogP contribution in [0.25, 0.3) is 0 Å². The van der Waals surface area contributed by atoms with Gasteiger partial charge < -0.3 is 15.4 Å². The fraction of sp³-hybridized carbons (Fsp3) is 0.600. The number of halogens is 3. The second-order valence-electron chi connectivity index (χ2n) is 5.93. The first-order valence-electron chi connectivity index (χ1n) is 7.47. The summed E-state index contributed by atoms with van der Waals surface area (Å²) in [5, 5.41) is 0. The molecule has 3 atom stereocenters. The third-order valence-electron chi connectivity index (χ3n) is 4.55. The average molecular weight is 348 g/mol. The van der Waals surface area contributed by atoms with E-state index in [1.54, 1.807) is 17.0 Å². The summed E-state index contributed by atoms with van der Waals surface area (Å²) >= 11 is 0. The normalized spacial score (nSPS) is 26.1. The number of rotatable bonds is 4. The summed E-state index contributed by atoms with van der Waals surface area (Å²) in [5.74, 6) is 0.528. The van der Waals surface area contributed by atoms with Crippen LogP contribution >= 0.6 is 12.4 Å². The third-order valence-corrected chi connectivity index (χ3v) is 4.55. The highest BCUT2D eigenvalue weighted by molar-refractivity contribution is 5.96.